The molecule has 0 atom stereocenters. The van der Waals surface area contributed by atoms with Crippen LogP contribution in [0.4, 0.5) is 21.4 Å². The maximum Gasteiger partial charge on any atom is 0.343 e. The molecule has 1 aliphatic carbocycles. The van der Waals surface area contributed by atoms with Gasteiger partial charge in [-0.25, -0.2) is 24.5 Å². The van der Waals surface area contributed by atoms with Crippen LogP contribution >= 0.6 is 23.1 Å². The maximum absolute atomic E-state index is 13.0. The molecule has 0 saturated heterocycles. The molecule has 37 heavy (non-hydrogen) atoms. The van der Waals surface area contributed by atoms with Gasteiger partial charge in [0.1, 0.15) is 11.4 Å². The third-order valence-corrected chi connectivity index (χ3v) is 7.53. The number of hydrogen-bond acceptors (Lipinski definition) is 10. The lowest BCUT2D eigenvalue weighted by molar-refractivity contribution is 0.0526. The highest BCUT2D eigenvalue weighted by atomic mass is 32.2. The Balaban J connectivity index is 1.34. The van der Waals surface area contributed by atoms with Crippen LogP contribution in [0.5, 0.6) is 0 Å². The normalized spacial score (nSPS) is 13.4. The number of nitrogens with one attached hydrogen (secondary N) is 2. The van der Waals surface area contributed by atoms with E-state index in [0.29, 0.717) is 27.3 Å². The number of aryl methyl sites for hydroxylation is 1. The Labute approximate surface area is 222 Å². The van der Waals surface area contributed by atoms with Crippen molar-refractivity contribution in [1.82, 2.24) is 15.0 Å². The van der Waals surface area contributed by atoms with Gasteiger partial charge < -0.3 is 15.8 Å². The molecule has 0 spiro atoms. The zero-order valence-electron chi connectivity index (χ0n) is 20.6. The SMILES string of the molecule is CCOC(=O)c1cnc(SCc2csc(NC(=O)Nc3ccc(C)cc3C(=O)C3CCCC3)n2)nc1N. The fourth-order valence-electron chi connectivity index (χ4n) is 4.01. The minimum Gasteiger partial charge on any atom is -0.462 e. The molecule has 3 aromatic rings. The molecule has 0 radical (unpaired) electrons. The van der Waals surface area contributed by atoms with E-state index in [1.807, 2.05) is 24.4 Å². The quantitative estimate of drug-likeness (QED) is 0.142. The molecule has 1 aromatic carbocycles. The van der Waals surface area contributed by atoms with Crippen molar-refractivity contribution >= 4 is 57.5 Å². The predicted molar refractivity (Wildman–Crippen MR) is 144 cm³/mol. The lowest BCUT2D eigenvalue weighted by atomic mass is 9.94. The molecule has 1 aliphatic rings. The summed E-state index contributed by atoms with van der Waals surface area (Å²) in [5.74, 6) is 0.0323. The first-order valence-corrected chi connectivity index (χ1v) is 13.8. The first kappa shape index (κ1) is 26.6. The average Bonchev–Trinajstić information content (AvgIpc) is 3.56. The molecular formula is C25H28N6O4S2. The Bertz CT molecular complexity index is 1310. The van der Waals surface area contributed by atoms with Crippen molar-refractivity contribution in [2.45, 2.75) is 50.4 Å². The number of esters is 1. The van der Waals surface area contributed by atoms with Crippen LogP contribution in [0.3, 0.4) is 0 Å². The van der Waals surface area contributed by atoms with Gasteiger partial charge in [-0.05, 0) is 38.8 Å². The van der Waals surface area contributed by atoms with Gasteiger partial charge in [-0.15, -0.1) is 11.3 Å². The van der Waals surface area contributed by atoms with Gasteiger partial charge in [0.2, 0.25) is 0 Å². The van der Waals surface area contributed by atoms with Crippen molar-refractivity contribution < 1.29 is 19.1 Å². The minimum absolute atomic E-state index is 0.0186. The second-order valence-corrected chi connectivity index (χ2v) is 10.4. The van der Waals surface area contributed by atoms with Crippen molar-refractivity contribution in [3.8, 4) is 0 Å². The van der Waals surface area contributed by atoms with E-state index >= 15 is 0 Å². The summed E-state index contributed by atoms with van der Waals surface area (Å²) in [4.78, 5) is 50.3. The summed E-state index contributed by atoms with van der Waals surface area (Å²) < 4.78 is 4.93. The highest BCUT2D eigenvalue weighted by Gasteiger charge is 2.26. The molecule has 0 aliphatic heterocycles. The van der Waals surface area contributed by atoms with Gasteiger partial charge >= 0.3 is 12.0 Å². The van der Waals surface area contributed by atoms with Crippen molar-refractivity contribution in [3.05, 3.63) is 52.2 Å². The molecule has 10 nitrogen and oxygen atoms in total. The van der Waals surface area contributed by atoms with Gasteiger partial charge in [0.25, 0.3) is 0 Å². The number of amides is 2. The molecule has 2 aromatic heterocycles. The molecule has 1 fully saturated rings. The van der Waals surface area contributed by atoms with E-state index in [9.17, 15) is 14.4 Å². The lowest BCUT2D eigenvalue weighted by Crippen LogP contribution is -2.22. The van der Waals surface area contributed by atoms with E-state index in [1.165, 1.54) is 29.3 Å². The number of aromatic nitrogens is 3. The third-order valence-electron chi connectivity index (χ3n) is 5.83. The van der Waals surface area contributed by atoms with Crippen LogP contribution in [0.2, 0.25) is 0 Å². The van der Waals surface area contributed by atoms with Crippen LogP contribution in [-0.4, -0.2) is 39.3 Å². The molecule has 0 bridgehead atoms. The lowest BCUT2D eigenvalue weighted by Gasteiger charge is -2.14. The van der Waals surface area contributed by atoms with E-state index in [-0.39, 0.29) is 29.7 Å². The number of hydrogen-bond donors (Lipinski definition) is 3. The molecule has 12 heteroatoms. The standard InChI is InChI=1S/C25H28N6O4S2/c1-3-35-22(33)18-11-27-24(30-21(18)26)36-12-16-13-37-25(28-16)31-23(34)29-19-9-8-14(2)10-17(19)20(32)15-6-4-5-7-15/h8-11,13,15H,3-7,12H2,1-2H3,(H2,26,27,30)(H2,28,29,31,34). The van der Waals surface area contributed by atoms with Crippen molar-refractivity contribution in [2.75, 3.05) is 23.0 Å². The maximum atomic E-state index is 13.0. The highest BCUT2D eigenvalue weighted by molar-refractivity contribution is 7.98. The fraction of sp³-hybridized carbons (Fsp3) is 0.360. The topological polar surface area (TPSA) is 149 Å². The number of nitrogen functional groups attached to an aromatic ring is 1. The van der Waals surface area contributed by atoms with Crippen LogP contribution in [-0.2, 0) is 10.5 Å². The largest absolute Gasteiger partial charge is 0.462 e. The number of Topliss-reactive ketones (excluding diaryl/α,β-unsaturated/α-hetero) is 1. The summed E-state index contributed by atoms with van der Waals surface area (Å²) in [7, 11) is 0. The van der Waals surface area contributed by atoms with Crippen LogP contribution in [0, 0.1) is 12.8 Å². The van der Waals surface area contributed by atoms with Crippen molar-refractivity contribution in [3.63, 3.8) is 0 Å². The fourth-order valence-corrected chi connectivity index (χ4v) is 5.54. The van der Waals surface area contributed by atoms with Gasteiger partial charge in [0.15, 0.2) is 16.1 Å². The molecule has 4 N–H and O–H groups in total. The van der Waals surface area contributed by atoms with Crippen LogP contribution in [0.15, 0.2) is 34.9 Å². The summed E-state index contributed by atoms with van der Waals surface area (Å²) in [6, 6.07) is 5.00. The number of rotatable bonds is 9. The number of urea groups is 1. The Morgan fingerprint density at radius 3 is 2.68 bits per heavy atom. The number of ether oxygens (including phenoxy) is 1. The minimum atomic E-state index is -0.564. The van der Waals surface area contributed by atoms with Gasteiger partial charge in [-0.2, -0.15) is 0 Å². The number of thiazole rings is 1. The summed E-state index contributed by atoms with van der Waals surface area (Å²) in [5, 5.41) is 8.17. The zero-order valence-corrected chi connectivity index (χ0v) is 22.2. The van der Waals surface area contributed by atoms with Gasteiger partial charge in [-0.1, -0.05) is 36.2 Å². The van der Waals surface area contributed by atoms with E-state index in [1.54, 1.807) is 13.0 Å². The number of thioether (sulfide) groups is 1. The number of carbonyl (C=O) groups excluding carboxylic acids is 3. The molecule has 4 rings (SSSR count). The summed E-state index contributed by atoms with van der Waals surface area (Å²) in [6.45, 7) is 3.87. The zero-order chi connectivity index (χ0) is 26.4. The number of anilines is 3. The van der Waals surface area contributed by atoms with Gasteiger partial charge in [0.05, 0.1) is 18.0 Å². The number of carbonyl (C=O) groups is 3. The molecule has 0 unspecified atom stereocenters. The van der Waals surface area contributed by atoms with E-state index in [2.05, 4.69) is 25.6 Å². The number of nitrogens with two attached hydrogens (primary N) is 1. The van der Waals surface area contributed by atoms with Crippen molar-refractivity contribution in [2.24, 2.45) is 5.92 Å². The average molecular weight is 541 g/mol. The first-order chi connectivity index (χ1) is 17.8. The first-order valence-electron chi connectivity index (χ1n) is 11.9. The van der Waals surface area contributed by atoms with Crippen molar-refractivity contribution in [1.29, 1.82) is 0 Å². The van der Waals surface area contributed by atoms with Gasteiger partial charge in [-0.3, -0.25) is 10.1 Å². The summed E-state index contributed by atoms with van der Waals surface area (Å²) in [6.07, 6.45) is 5.26. The second kappa shape index (κ2) is 12.2. The smallest absolute Gasteiger partial charge is 0.343 e. The van der Waals surface area contributed by atoms with Crippen LogP contribution in [0.25, 0.3) is 0 Å². The number of ketones is 1. The Hall–Kier alpha value is -3.51. The monoisotopic (exact) mass is 540 g/mol. The Kier molecular flexibility index (Phi) is 8.72. The van der Waals surface area contributed by atoms with Gasteiger partial charge in [0, 0.05) is 28.8 Å². The molecule has 2 heterocycles. The van der Waals surface area contributed by atoms with Crippen LogP contribution in [0.1, 0.15) is 64.6 Å². The molecule has 1 saturated carbocycles. The summed E-state index contributed by atoms with van der Waals surface area (Å²) in [5.41, 5.74) is 8.71. The molecule has 194 valence electrons. The van der Waals surface area contributed by atoms with Crippen LogP contribution < -0.4 is 16.4 Å². The Morgan fingerprint density at radius 1 is 1.16 bits per heavy atom. The highest BCUT2D eigenvalue weighted by Crippen LogP contribution is 2.31. The van der Waals surface area contributed by atoms with E-state index in [0.717, 1.165) is 36.9 Å². The summed E-state index contributed by atoms with van der Waals surface area (Å²) >= 11 is 2.58. The second-order valence-electron chi connectivity index (χ2n) is 8.58. The number of nitrogens with zero attached hydrogens (tertiary/aromatic N) is 3. The molecular weight excluding hydrogens is 512 g/mol. The Morgan fingerprint density at radius 2 is 1.95 bits per heavy atom. The third kappa shape index (κ3) is 6.83. The molecule has 2 amide bonds. The number of benzene rings is 1. The van der Waals surface area contributed by atoms with E-state index < -0.39 is 12.0 Å². The van der Waals surface area contributed by atoms with E-state index in [4.69, 9.17) is 10.5 Å². The predicted octanol–water partition coefficient (Wildman–Crippen LogP) is 5.31.